The summed E-state index contributed by atoms with van der Waals surface area (Å²) in [6.07, 6.45) is 0. The van der Waals surface area contributed by atoms with Crippen LogP contribution in [-0.2, 0) is 12.0 Å². The molecule has 0 aliphatic rings. The summed E-state index contributed by atoms with van der Waals surface area (Å²) < 4.78 is 0. The number of hydrogen-bond donors (Lipinski definition) is 2. The van der Waals surface area contributed by atoms with Crippen LogP contribution in [-0.4, -0.2) is 24.0 Å². The van der Waals surface area contributed by atoms with Crippen LogP contribution in [0.2, 0.25) is 0 Å². The summed E-state index contributed by atoms with van der Waals surface area (Å²) in [5, 5.41) is 9.80. The first-order valence-electron chi connectivity index (χ1n) is 6.25. The van der Waals surface area contributed by atoms with Gasteiger partial charge in [-0.1, -0.05) is 20.8 Å². The number of hydrogen-bond acceptors (Lipinski definition) is 3. The lowest BCUT2D eigenvalue weighted by Gasteiger charge is -2.14. The number of guanidine groups is 1. The third-order valence-electron chi connectivity index (χ3n) is 2.28. The molecule has 0 amide bonds. The van der Waals surface area contributed by atoms with E-state index in [9.17, 15) is 0 Å². The minimum atomic E-state index is 0. The third-order valence-corrected chi connectivity index (χ3v) is 3.60. The van der Waals surface area contributed by atoms with E-state index in [2.05, 4.69) is 60.6 Å². The Morgan fingerprint density at radius 2 is 2.05 bits per heavy atom. The van der Waals surface area contributed by atoms with E-state index in [4.69, 9.17) is 0 Å². The van der Waals surface area contributed by atoms with Gasteiger partial charge in [0, 0.05) is 23.9 Å². The van der Waals surface area contributed by atoms with Gasteiger partial charge in [0.05, 0.1) is 17.2 Å². The van der Waals surface area contributed by atoms with Gasteiger partial charge in [-0.25, -0.2) is 4.98 Å². The van der Waals surface area contributed by atoms with Crippen LogP contribution < -0.4 is 10.6 Å². The predicted octanol–water partition coefficient (Wildman–Crippen LogP) is 3.13. The molecule has 110 valence electrons. The van der Waals surface area contributed by atoms with E-state index < -0.39 is 0 Å². The second-order valence-electron chi connectivity index (χ2n) is 5.62. The van der Waals surface area contributed by atoms with E-state index in [-0.39, 0.29) is 29.4 Å². The summed E-state index contributed by atoms with van der Waals surface area (Å²) >= 11 is 1.72. The van der Waals surface area contributed by atoms with Crippen molar-refractivity contribution in [2.45, 2.75) is 52.6 Å². The molecule has 0 spiro atoms. The van der Waals surface area contributed by atoms with Crippen molar-refractivity contribution in [3.8, 4) is 0 Å². The van der Waals surface area contributed by atoms with Crippen molar-refractivity contribution in [2.24, 2.45) is 4.99 Å². The Balaban J connectivity index is 0.00000324. The van der Waals surface area contributed by atoms with Gasteiger partial charge in [0.25, 0.3) is 0 Å². The van der Waals surface area contributed by atoms with Crippen LogP contribution in [0.4, 0.5) is 0 Å². The number of nitrogens with zero attached hydrogens (tertiary/aromatic N) is 2. The third kappa shape index (κ3) is 6.56. The van der Waals surface area contributed by atoms with Gasteiger partial charge in [0.1, 0.15) is 0 Å². The molecular formula is C13H25IN4S. The van der Waals surface area contributed by atoms with Crippen LogP contribution in [0.25, 0.3) is 0 Å². The smallest absolute Gasteiger partial charge is 0.191 e. The molecule has 0 aliphatic carbocycles. The SMILES string of the molecule is CN=C(NCc1csc(C(C)(C)C)n1)NC(C)C.I. The molecule has 0 bridgehead atoms. The molecule has 4 nitrogen and oxygen atoms in total. The van der Waals surface area contributed by atoms with Crippen LogP contribution in [0.15, 0.2) is 10.4 Å². The van der Waals surface area contributed by atoms with E-state index >= 15 is 0 Å². The minimum absolute atomic E-state index is 0. The van der Waals surface area contributed by atoms with Crippen LogP contribution in [0.1, 0.15) is 45.3 Å². The van der Waals surface area contributed by atoms with Crippen molar-refractivity contribution in [3.63, 3.8) is 0 Å². The summed E-state index contributed by atoms with van der Waals surface area (Å²) in [6.45, 7) is 11.4. The molecule has 1 aromatic rings. The highest BCUT2D eigenvalue weighted by Crippen LogP contribution is 2.25. The molecule has 0 aromatic carbocycles. The fourth-order valence-electron chi connectivity index (χ4n) is 1.38. The molecule has 0 aliphatic heterocycles. The highest BCUT2D eigenvalue weighted by atomic mass is 127. The maximum absolute atomic E-state index is 4.64. The minimum Gasteiger partial charge on any atom is -0.354 e. The van der Waals surface area contributed by atoms with Gasteiger partial charge in [0.15, 0.2) is 5.96 Å². The largest absolute Gasteiger partial charge is 0.354 e. The Bertz CT molecular complexity index is 407. The second kappa shape index (κ2) is 8.04. The van der Waals surface area contributed by atoms with Gasteiger partial charge in [-0.15, -0.1) is 35.3 Å². The summed E-state index contributed by atoms with van der Waals surface area (Å²) in [4.78, 5) is 8.81. The second-order valence-corrected chi connectivity index (χ2v) is 6.48. The number of aliphatic imine (C=N–C) groups is 1. The summed E-state index contributed by atoms with van der Waals surface area (Å²) in [5.41, 5.74) is 1.19. The lowest BCUT2D eigenvalue weighted by atomic mass is 9.98. The quantitative estimate of drug-likeness (QED) is 0.469. The number of thiazole rings is 1. The molecular weight excluding hydrogens is 371 g/mol. The zero-order valence-corrected chi connectivity index (χ0v) is 15.7. The monoisotopic (exact) mass is 396 g/mol. The van der Waals surface area contributed by atoms with Crippen molar-refractivity contribution in [1.29, 1.82) is 0 Å². The van der Waals surface area contributed by atoms with Crippen LogP contribution in [0.5, 0.6) is 0 Å². The average molecular weight is 396 g/mol. The maximum atomic E-state index is 4.64. The molecule has 19 heavy (non-hydrogen) atoms. The summed E-state index contributed by atoms with van der Waals surface area (Å²) in [6, 6.07) is 0.372. The van der Waals surface area contributed by atoms with Crippen LogP contribution in [0, 0.1) is 0 Å². The number of rotatable bonds is 3. The topological polar surface area (TPSA) is 49.3 Å². The molecule has 0 saturated carbocycles. The first kappa shape index (κ1) is 18.6. The van der Waals surface area contributed by atoms with Crippen molar-refractivity contribution in [2.75, 3.05) is 7.05 Å². The maximum Gasteiger partial charge on any atom is 0.191 e. The molecule has 0 radical (unpaired) electrons. The Kier molecular flexibility index (Phi) is 7.88. The zero-order chi connectivity index (χ0) is 13.8. The van der Waals surface area contributed by atoms with Crippen LogP contribution in [0.3, 0.4) is 0 Å². The molecule has 1 heterocycles. The van der Waals surface area contributed by atoms with Crippen molar-refractivity contribution in [3.05, 3.63) is 16.1 Å². The van der Waals surface area contributed by atoms with E-state index in [0.717, 1.165) is 11.7 Å². The van der Waals surface area contributed by atoms with Crippen molar-refractivity contribution in [1.82, 2.24) is 15.6 Å². The molecule has 1 aromatic heterocycles. The Labute approximate surface area is 137 Å². The van der Waals surface area contributed by atoms with E-state index in [1.165, 1.54) is 5.01 Å². The van der Waals surface area contributed by atoms with Crippen molar-refractivity contribution >= 4 is 41.3 Å². The van der Waals surface area contributed by atoms with Gasteiger partial charge in [-0.05, 0) is 13.8 Å². The van der Waals surface area contributed by atoms with Gasteiger partial charge in [0.2, 0.25) is 0 Å². The van der Waals surface area contributed by atoms with Gasteiger partial charge >= 0.3 is 0 Å². The Morgan fingerprint density at radius 3 is 2.47 bits per heavy atom. The standard InChI is InChI=1S/C13H24N4S.HI/c1-9(2)16-12(14-6)15-7-10-8-18-11(17-10)13(3,4)5;/h8-9H,7H2,1-6H3,(H2,14,15,16);1H. The summed E-state index contributed by atoms with van der Waals surface area (Å²) in [7, 11) is 1.78. The number of aromatic nitrogens is 1. The molecule has 0 unspecified atom stereocenters. The molecule has 2 N–H and O–H groups in total. The zero-order valence-electron chi connectivity index (χ0n) is 12.6. The Morgan fingerprint density at radius 1 is 1.42 bits per heavy atom. The first-order valence-corrected chi connectivity index (χ1v) is 7.13. The number of nitrogens with one attached hydrogen (secondary N) is 2. The lowest BCUT2D eigenvalue weighted by molar-refractivity contribution is 0.582. The summed E-state index contributed by atoms with van der Waals surface area (Å²) in [5.74, 6) is 0.815. The highest BCUT2D eigenvalue weighted by molar-refractivity contribution is 14.0. The molecule has 1 rings (SSSR count). The fourth-order valence-corrected chi connectivity index (χ4v) is 2.28. The van der Waals surface area contributed by atoms with Gasteiger partial charge in [-0.3, -0.25) is 4.99 Å². The van der Waals surface area contributed by atoms with E-state index in [0.29, 0.717) is 12.6 Å². The predicted molar refractivity (Wildman–Crippen MR) is 94.7 cm³/mol. The average Bonchev–Trinajstić information content (AvgIpc) is 2.71. The van der Waals surface area contributed by atoms with Crippen LogP contribution >= 0.6 is 35.3 Å². The molecule has 0 saturated heterocycles. The Hall–Kier alpha value is -0.370. The van der Waals surface area contributed by atoms with Crippen molar-refractivity contribution < 1.29 is 0 Å². The van der Waals surface area contributed by atoms with E-state index in [1.807, 2.05) is 0 Å². The first-order chi connectivity index (χ1) is 8.32. The molecule has 0 fully saturated rings. The number of halogens is 1. The molecule has 6 heteroatoms. The fraction of sp³-hybridized carbons (Fsp3) is 0.692. The molecule has 0 atom stereocenters. The van der Waals surface area contributed by atoms with E-state index in [1.54, 1.807) is 18.4 Å². The highest BCUT2D eigenvalue weighted by Gasteiger charge is 2.17. The van der Waals surface area contributed by atoms with Gasteiger partial charge < -0.3 is 10.6 Å². The normalized spacial score (nSPS) is 12.3. The van der Waals surface area contributed by atoms with Gasteiger partial charge in [-0.2, -0.15) is 0 Å². The lowest BCUT2D eigenvalue weighted by Crippen LogP contribution is -2.40.